The number of benzene rings is 2. The molecule has 0 radical (unpaired) electrons. The Morgan fingerprint density at radius 2 is 1.63 bits per heavy atom. The van der Waals surface area contributed by atoms with Gasteiger partial charge < -0.3 is 41.3 Å². The zero-order valence-corrected chi connectivity index (χ0v) is 23.7. The Morgan fingerprint density at radius 3 is 2.27 bits per heavy atom. The second-order valence-electron chi connectivity index (χ2n) is 9.52. The fraction of sp³-hybridized carbons (Fsp3) is 0.393. The molecule has 2 aromatic carbocycles. The first-order valence-electron chi connectivity index (χ1n) is 13.0. The summed E-state index contributed by atoms with van der Waals surface area (Å²) in [6.45, 7) is 2.55. The second kappa shape index (κ2) is 15.7. The van der Waals surface area contributed by atoms with Crippen molar-refractivity contribution in [1.29, 1.82) is 0 Å². The summed E-state index contributed by atoms with van der Waals surface area (Å²) in [6, 6.07) is 10.4. The molecule has 1 atom stereocenters. The lowest BCUT2D eigenvalue weighted by atomic mass is 10.1. The minimum absolute atomic E-state index is 0.0915. The van der Waals surface area contributed by atoms with Gasteiger partial charge in [0.15, 0.2) is 0 Å². The molecule has 0 saturated carbocycles. The number of methoxy groups -OCH3 is 1. The van der Waals surface area contributed by atoms with Gasteiger partial charge in [0.05, 0.1) is 19.2 Å². The minimum Gasteiger partial charge on any atom is -0.495 e. The van der Waals surface area contributed by atoms with Gasteiger partial charge in [-0.25, -0.2) is 9.59 Å². The number of carbonyl (C=O) groups is 5. The van der Waals surface area contributed by atoms with Gasteiger partial charge in [-0.2, -0.15) is 0 Å². The predicted molar refractivity (Wildman–Crippen MR) is 154 cm³/mol. The number of nitrogens with zero attached hydrogens (tertiary/aromatic N) is 2. The van der Waals surface area contributed by atoms with E-state index in [1.165, 1.54) is 19.1 Å². The number of rotatable bonds is 14. The number of anilines is 2. The number of ether oxygens (including phenoxy) is 1. The highest BCUT2D eigenvalue weighted by atomic mass is 16.5. The van der Waals surface area contributed by atoms with E-state index in [4.69, 9.17) is 15.6 Å². The fourth-order valence-electron chi connectivity index (χ4n) is 3.85. The number of carbonyl (C=O) groups excluding carboxylic acids is 4. The van der Waals surface area contributed by atoms with Crippen LogP contribution in [0, 0.1) is 6.92 Å². The lowest BCUT2D eigenvalue weighted by Crippen LogP contribution is -2.50. The summed E-state index contributed by atoms with van der Waals surface area (Å²) in [5.41, 5.74) is 8.12. The molecule has 13 nitrogen and oxygen atoms in total. The Hall–Kier alpha value is -4.81. The predicted octanol–water partition coefficient (Wildman–Crippen LogP) is 2.40. The van der Waals surface area contributed by atoms with Gasteiger partial charge in [0.25, 0.3) is 0 Å². The monoisotopic (exact) mass is 570 g/mol. The molecule has 0 saturated heterocycles. The van der Waals surface area contributed by atoms with Gasteiger partial charge in [-0.05, 0) is 49.1 Å². The Bertz CT molecular complexity index is 1250. The Kier molecular flexibility index (Phi) is 12.4. The molecule has 0 aliphatic rings. The number of urea groups is 2. The molecule has 13 heteroatoms. The molecule has 0 aliphatic heterocycles. The lowest BCUT2D eigenvalue weighted by Gasteiger charge is -2.23. The smallest absolute Gasteiger partial charge is 0.323 e. The average molecular weight is 571 g/mol. The van der Waals surface area contributed by atoms with Crippen LogP contribution < -0.4 is 26.4 Å². The SMILES string of the molecule is COc1cc(CCC(=O)N(C)CCCN(C)C(=O)NC(CC(=O)O)C(N)=O)ccc1NC(=O)Nc1ccccc1C. The number of amides is 6. The standard InChI is InChI=1S/C28H38N6O7/c1-18-8-5-6-9-20(18)30-27(39)31-21-12-10-19(16-23(21)41-4)11-13-24(35)33(2)14-7-15-34(3)28(40)32-22(26(29)38)17-25(36)37/h5-6,8-10,12,16,22H,7,11,13-15,17H2,1-4H3,(H2,29,38)(H,32,40)(H,36,37)(H2,30,31,39). The summed E-state index contributed by atoms with van der Waals surface area (Å²) in [5.74, 6) is -1.83. The quantitative estimate of drug-likeness (QED) is 0.231. The Labute approximate surface area is 239 Å². The lowest BCUT2D eigenvalue weighted by molar-refractivity contribution is -0.139. The molecule has 1 unspecified atom stereocenters. The molecule has 0 heterocycles. The molecule has 0 aliphatic carbocycles. The normalized spacial score (nSPS) is 11.1. The van der Waals surface area contributed by atoms with Crippen LogP contribution in [0.3, 0.4) is 0 Å². The highest BCUT2D eigenvalue weighted by molar-refractivity contribution is 6.01. The van der Waals surface area contributed by atoms with Crippen LogP contribution in [0.5, 0.6) is 5.75 Å². The summed E-state index contributed by atoms with van der Waals surface area (Å²) in [4.78, 5) is 62.4. The van der Waals surface area contributed by atoms with E-state index in [0.29, 0.717) is 36.5 Å². The van der Waals surface area contributed by atoms with Crippen LogP contribution in [0.15, 0.2) is 42.5 Å². The topological polar surface area (TPSA) is 183 Å². The zero-order chi connectivity index (χ0) is 30.5. The first-order chi connectivity index (χ1) is 19.4. The van der Waals surface area contributed by atoms with Crippen molar-refractivity contribution in [3.63, 3.8) is 0 Å². The molecule has 2 rings (SSSR count). The summed E-state index contributed by atoms with van der Waals surface area (Å²) in [5, 5.41) is 16.7. The molecule has 6 N–H and O–H groups in total. The molecule has 41 heavy (non-hydrogen) atoms. The minimum atomic E-state index is -1.31. The third-order valence-electron chi connectivity index (χ3n) is 6.31. The van der Waals surface area contributed by atoms with E-state index in [1.54, 1.807) is 24.1 Å². The number of carboxylic acid groups (broad SMARTS) is 1. The van der Waals surface area contributed by atoms with Crippen molar-refractivity contribution in [3.05, 3.63) is 53.6 Å². The van der Waals surface area contributed by atoms with Crippen molar-refractivity contribution in [3.8, 4) is 5.75 Å². The van der Waals surface area contributed by atoms with Crippen molar-refractivity contribution >= 4 is 41.2 Å². The molecule has 222 valence electrons. The van der Waals surface area contributed by atoms with E-state index in [1.807, 2.05) is 37.3 Å². The van der Waals surface area contributed by atoms with E-state index < -0.39 is 36.4 Å². The number of aryl methyl sites for hydroxylation is 2. The third-order valence-corrected chi connectivity index (χ3v) is 6.31. The number of primary amides is 1. The van der Waals surface area contributed by atoms with Crippen molar-refractivity contribution in [1.82, 2.24) is 15.1 Å². The van der Waals surface area contributed by atoms with Crippen LogP contribution >= 0.6 is 0 Å². The fourth-order valence-corrected chi connectivity index (χ4v) is 3.85. The van der Waals surface area contributed by atoms with E-state index >= 15 is 0 Å². The molecule has 6 amide bonds. The maximum absolute atomic E-state index is 12.6. The van der Waals surface area contributed by atoms with Crippen molar-refractivity contribution in [2.75, 3.05) is 44.9 Å². The summed E-state index contributed by atoms with van der Waals surface area (Å²) < 4.78 is 5.44. The molecular formula is C28H38N6O7. The number of hydrogen-bond acceptors (Lipinski definition) is 6. The van der Waals surface area contributed by atoms with E-state index in [0.717, 1.165) is 11.1 Å². The molecular weight excluding hydrogens is 532 g/mol. The van der Waals surface area contributed by atoms with Crippen LogP contribution in [0.1, 0.15) is 30.4 Å². The van der Waals surface area contributed by atoms with Crippen molar-refractivity contribution in [2.45, 2.75) is 38.6 Å². The van der Waals surface area contributed by atoms with Gasteiger partial charge in [-0.1, -0.05) is 24.3 Å². The maximum Gasteiger partial charge on any atom is 0.323 e. The Balaban J connectivity index is 1.81. The van der Waals surface area contributed by atoms with Crippen LogP contribution in [0.2, 0.25) is 0 Å². The van der Waals surface area contributed by atoms with Crippen LogP contribution in [0.25, 0.3) is 0 Å². The van der Waals surface area contributed by atoms with Gasteiger partial charge in [0, 0.05) is 39.3 Å². The largest absolute Gasteiger partial charge is 0.495 e. The summed E-state index contributed by atoms with van der Waals surface area (Å²) in [7, 11) is 4.66. The second-order valence-corrected chi connectivity index (χ2v) is 9.52. The number of nitrogens with two attached hydrogens (primary N) is 1. The number of nitrogens with one attached hydrogen (secondary N) is 3. The summed E-state index contributed by atoms with van der Waals surface area (Å²) >= 11 is 0. The van der Waals surface area contributed by atoms with Gasteiger partial charge in [-0.3, -0.25) is 14.4 Å². The van der Waals surface area contributed by atoms with Crippen LogP contribution in [-0.2, 0) is 20.8 Å². The number of hydrogen-bond donors (Lipinski definition) is 5. The molecule has 0 fully saturated rings. The van der Waals surface area contributed by atoms with Crippen LogP contribution in [-0.4, -0.2) is 85.1 Å². The van der Waals surface area contributed by atoms with E-state index in [9.17, 15) is 24.0 Å². The molecule has 0 aromatic heterocycles. The first kappa shape index (κ1) is 32.4. The van der Waals surface area contributed by atoms with E-state index in [-0.39, 0.29) is 18.9 Å². The highest BCUT2D eigenvalue weighted by Crippen LogP contribution is 2.26. The summed E-state index contributed by atoms with van der Waals surface area (Å²) in [6.07, 6.45) is 0.549. The van der Waals surface area contributed by atoms with Gasteiger partial charge in [0.1, 0.15) is 11.8 Å². The van der Waals surface area contributed by atoms with Gasteiger partial charge in [-0.15, -0.1) is 0 Å². The molecule has 0 bridgehead atoms. The van der Waals surface area contributed by atoms with Crippen molar-refractivity contribution < 1.29 is 33.8 Å². The van der Waals surface area contributed by atoms with Gasteiger partial charge in [0.2, 0.25) is 11.8 Å². The highest BCUT2D eigenvalue weighted by Gasteiger charge is 2.23. The first-order valence-corrected chi connectivity index (χ1v) is 13.0. The van der Waals surface area contributed by atoms with E-state index in [2.05, 4.69) is 16.0 Å². The number of aliphatic carboxylic acids is 1. The average Bonchev–Trinajstić information content (AvgIpc) is 2.92. The molecule has 0 spiro atoms. The number of carboxylic acids is 1. The Morgan fingerprint density at radius 1 is 0.976 bits per heavy atom. The zero-order valence-electron chi connectivity index (χ0n) is 23.7. The van der Waals surface area contributed by atoms with Gasteiger partial charge >= 0.3 is 18.0 Å². The van der Waals surface area contributed by atoms with Crippen molar-refractivity contribution in [2.24, 2.45) is 5.73 Å². The third kappa shape index (κ3) is 10.7. The van der Waals surface area contributed by atoms with Crippen LogP contribution in [0.4, 0.5) is 21.0 Å². The maximum atomic E-state index is 12.6. The number of para-hydroxylation sites is 1. The molecule has 2 aromatic rings.